The molecule has 2 saturated heterocycles. The van der Waals surface area contributed by atoms with Crippen molar-refractivity contribution in [2.45, 2.75) is 52.0 Å². The number of amides is 1. The van der Waals surface area contributed by atoms with Gasteiger partial charge in [-0.25, -0.2) is 0 Å². The average Bonchev–Trinajstić information content (AvgIpc) is 3.16. The molecule has 30 heavy (non-hydrogen) atoms. The van der Waals surface area contributed by atoms with Crippen molar-refractivity contribution in [3.63, 3.8) is 0 Å². The highest BCUT2D eigenvalue weighted by Crippen LogP contribution is 2.21. The summed E-state index contributed by atoms with van der Waals surface area (Å²) in [7, 11) is 1.81. The maximum absolute atomic E-state index is 11.9. The summed E-state index contributed by atoms with van der Waals surface area (Å²) in [5, 5.41) is 6.79. The van der Waals surface area contributed by atoms with Crippen molar-refractivity contribution in [2.75, 3.05) is 44.7 Å². The van der Waals surface area contributed by atoms with Crippen molar-refractivity contribution < 1.29 is 4.79 Å². The third kappa shape index (κ3) is 7.72. The minimum atomic E-state index is 0. The molecule has 1 atom stereocenters. The lowest BCUT2D eigenvalue weighted by Gasteiger charge is -2.30. The number of nitrogens with one attached hydrogen (secondary N) is 2. The second-order valence-electron chi connectivity index (χ2n) is 8.42. The molecule has 2 aliphatic heterocycles. The molecule has 168 valence electrons. The zero-order chi connectivity index (χ0) is 20.5. The number of rotatable bonds is 8. The molecule has 2 aliphatic rings. The van der Waals surface area contributed by atoms with Crippen LogP contribution in [0, 0.1) is 5.92 Å². The molecule has 1 aromatic rings. The number of nitrogens with zero attached hydrogens (tertiary/aromatic N) is 3. The topological polar surface area (TPSA) is 60.0 Å². The molecule has 0 aliphatic carbocycles. The van der Waals surface area contributed by atoms with Crippen LogP contribution in [-0.2, 0) is 11.3 Å². The fraction of sp³-hybridized carbons (Fsp3) is 0.652. The van der Waals surface area contributed by atoms with E-state index in [0.29, 0.717) is 6.42 Å². The Bertz CT molecular complexity index is 679. The number of benzene rings is 1. The third-order valence-corrected chi connectivity index (χ3v) is 5.94. The number of unbranched alkanes of at least 4 members (excludes halogenated alkanes) is 1. The normalized spacial score (nSPS) is 20.2. The molecule has 0 saturated carbocycles. The summed E-state index contributed by atoms with van der Waals surface area (Å²) < 4.78 is 0. The fourth-order valence-corrected chi connectivity index (χ4v) is 4.28. The van der Waals surface area contributed by atoms with E-state index in [9.17, 15) is 4.79 Å². The summed E-state index contributed by atoms with van der Waals surface area (Å²) in [5.41, 5.74) is 2.18. The lowest BCUT2D eigenvalue weighted by atomic mass is 10.0. The number of likely N-dealkylation sites (tertiary alicyclic amines) is 1. The van der Waals surface area contributed by atoms with Crippen molar-refractivity contribution in [1.29, 1.82) is 0 Å². The molecular formula is C23H38IN5O. The Kier molecular flexibility index (Phi) is 10.9. The number of guanidine groups is 1. The molecule has 6 nitrogen and oxygen atoms in total. The van der Waals surface area contributed by atoms with Gasteiger partial charge in [-0.2, -0.15) is 0 Å². The van der Waals surface area contributed by atoms with Gasteiger partial charge in [0.05, 0.1) is 0 Å². The van der Waals surface area contributed by atoms with Gasteiger partial charge >= 0.3 is 0 Å². The van der Waals surface area contributed by atoms with Crippen molar-refractivity contribution in [3.8, 4) is 0 Å². The number of carbonyl (C=O) groups excluding carboxylic acids is 1. The Balaban J connectivity index is 0.00000320. The number of piperidine rings is 1. The standard InChI is InChI=1S/C23H37N5O.HI/c1-19-7-5-15-27(18-19)14-4-3-13-25-23(24-2)26-17-20-9-11-21(12-10-20)28-16-6-8-22(28)29;/h9-12,19H,3-8,13-18H2,1-2H3,(H2,24,25,26);1H. The van der Waals surface area contributed by atoms with Crippen molar-refractivity contribution >= 4 is 41.5 Å². The largest absolute Gasteiger partial charge is 0.356 e. The number of hydrogen-bond donors (Lipinski definition) is 2. The van der Waals surface area contributed by atoms with Gasteiger partial charge in [-0.05, 0) is 68.8 Å². The molecule has 1 unspecified atom stereocenters. The molecule has 1 amide bonds. The molecule has 0 radical (unpaired) electrons. The predicted molar refractivity (Wildman–Crippen MR) is 136 cm³/mol. The van der Waals surface area contributed by atoms with Gasteiger partial charge in [-0.15, -0.1) is 24.0 Å². The lowest BCUT2D eigenvalue weighted by Crippen LogP contribution is -2.38. The molecule has 1 aromatic carbocycles. The molecule has 0 spiro atoms. The smallest absolute Gasteiger partial charge is 0.227 e. The molecule has 0 bridgehead atoms. The van der Waals surface area contributed by atoms with E-state index in [1.54, 1.807) is 0 Å². The van der Waals surface area contributed by atoms with Crippen molar-refractivity contribution in [1.82, 2.24) is 15.5 Å². The van der Waals surface area contributed by atoms with E-state index in [1.807, 2.05) is 24.1 Å². The van der Waals surface area contributed by atoms with Gasteiger partial charge in [0.1, 0.15) is 0 Å². The number of carbonyl (C=O) groups is 1. The highest BCUT2D eigenvalue weighted by molar-refractivity contribution is 14.0. The van der Waals surface area contributed by atoms with Gasteiger partial charge in [0.25, 0.3) is 0 Å². The van der Waals surface area contributed by atoms with E-state index in [4.69, 9.17) is 0 Å². The summed E-state index contributed by atoms with van der Waals surface area (Å²) in [6.07, 6.45) is 6.76. The number of hydrogen-bond acceptors (Lipinski definition) is 3. The maximum Gasteiger partial charge on any atom is 0.227 e. The van der Waals surface area contributed by atoms with Gasteiger partial charge in [-0.1, -0.05) is 19.1 Å². The van der Waals surface area contributed by atoms with Crippen LogP contribution in [0.5, 0.6) is 0 Å². The van der Waals surface area contributed by atoms with Gasteiger partial charge in [0, 0.05) is 45.3 Å². The number of anilines is 1. The van der Waals surface area contributed by atoms with E-state index >= 15 is 0 Å². The van der Waals surface area contributed by atoms with Crippen LogP contribution < -0.4 is 15.5 Å². The van der Waals surface area contributed by atoms with Gasteiger partial charge < -0.3 is 20.4 Å². The Morgan fingerprint density at radius 2 is 1.93 bits per heavy atom. The van der Waals surface area contributed by atoms with E-state index in [0.717, 1.165) is 50.0 Å². The molecule has 3 rings (SSSR count). The summed E-state index contributed by atoms with van der Waals surface area (Å²) in [6, 6.07) is 8.25. The Morgan fingerprint density at radius 3 is 2.60 bits per heavy atom. The first-order chi connectivity index (χ1) is 14.2. The quantitative estimate of drug-likeness (QED) is 0.235. The zero-order valence-electron chi connectivity index (χ0n) is 18.5. The highest BCUT2D eigenvalue weighted by atomic mass is 127. The van der Waals surface area contributed by atoms with Crippen LogP contribution in [0.3, 0.4) is 0 Å². The van der Waals surface area contributed by atoms with Crippen LogP contribution in [0.15, 0.2) is 29.3 Å². The molecule has 7 heteroatoms. The van der Waals surface area contributed by atoms with E-state index in [1.165, 1.54) is 44.5 Å². The Labute approximate surface area is 198 Å². The highest BCUT2D eigenvalue weighted by Gasteiger charge is 2.21. The molecule has 0 aromatic heterocycles. The van der Waals surface area contributed by atoms with Gasteiger partial charge in [0.2, 0.25) is 5.91 Å². The predicted octanol–water partition coefficient (Wildman–Crippen LogP) is 3.61. The second-order valence-corrected chi connectivity index (χ2v) is 8.42. The minimum Gasteiger partial charge on any atom is -0.356 e. The Morgan fingerprint density at radius 1 is 1.13 bits per heavy atom. The first-order valence-corrected chi connectivity index (χ1v) is 11.2. The first kappa shape index (κ1) is 24.9. The zero-order valence-corrected chi connectivity index (χ0v) is 20.9. The van der Waals surface area contributed by atoms with Crippen LogP contribution in [-0.4, -0.2) is 56.5 Å². The van der Waals surface area contributed by atoms with Gasteiger partial charge in [0.15, 0.2) is 5.96 Å². The lowest BCUT2D eigenvalue weighted by molar-refractivity contribution is -0.117. The molecule has 2 heterocycles. The third-order valence-electron chi connectivity index (χ3n) is 5.94. The molecule has 2 fully saturated rings. The van der Waals surface area contributed by atoms with E-state index < -0.39 is 0 Å². The second kappa shape index (κ2) is 13.1. The average molecular weight is 527 g/mol. The van der Waals surface area contributed by atoms with E-state index in [-0.39, 0.29) is 29.9 Å². The fourth-order valence-electron chi connectivity index (χ4n) is 4.28. The monoisotopic (exact) mass is 527 g/mol. The Hall–Kier alpha value is -1.35. The molecular weight excluding hydrogens is 489 g/mol. The van der Waals surface area contributed by atoms with E-state index in [2.05, 4.69) is 39.6 Å². The summed E-state index contributed by atoms with van der Waals surface area (Å²) in [5.74, 6) is 1.93. The summed E-state index contributed by atoms with van der Waals surface area (Å²) in [4.78, 5) is 20.7. The van der Waals surface area contributed by atoms with Crippen molar-refractivity contribution in [2.24, 2.45) is 10.9 Å². The van der Waals surface area contributed by atoms with Crippen molar-refractivity contribution in [3.05, 3.63) is 29.8 Å². The first-order valence-electron chi connectivity index (χ1n) is 11.2. The summed E-state index contributed by atoms with van der Waals surface area (Å²) in [6.45, 7) is 8.61. The van der Waals surface area contributed by atoms with Crippen LogP contribution in [0.2, 0.25) is 0 Å². The minimum absolute atomic E-state index is 0. The molecule has 2 N–H and O–H groups in total. The summed E-state index contributed by atoms with van der Waals surface area (Å²) >= 11 is 0. The van der Waals surface area contributed by atoms with Crippen LogP contribution in [0.4, 0.5) is 5.69 Å². The van der Waals surface area contributed by atoms with Crippen LogP contribution >= 0.6 is 24.0 Å². The van der Waals surface area contributed by atoms with Gasteiger partial charge in [-0.3, -0.25) is 9.79 Å². The van der Waals surface area contributed by atoms with Crippen LogP contribution in [0.1, 0.15) is 51.0 Å². The number of halogens is 1. The van der Waals surface area contributed by atoms with Crippen LogP contribution in [0.25, 0.3) is 0 Å². The number of aliphatic imine (C=N–C) groups is 1. The SMILES string of the molecule is CN=C(NCCCCN1CCCC(C)C1)NCc1ccc(N2CCCC2=O)cc1.I. The maximum atomic E-state index is 11.9.